The van der Waals surface area contributed by atoms with Gasteiger partial charge in [0.1, 0.15) is 6.54 Å². The molecule has 1 fully saturated rings. The molecule has 0 spiro atoms. The Labute approximate surface area is 142 Å². The molecule has 0 saturated carbocycles. The van der Waals surface area contributed by atoms with Crippen LogP contribution in [0.2, 0.25) is 0 Å². The van der Waals surface area contributed by atoms with E-state index in [1.165, 1.54) is 0 Å². The Morgan fingerprint density at radius 2 is 1.83 bits per heavy atom. The van der Waals surface area contributed by atoms with Crippen molar-refractivity contribution in [1.29, 1.82) is 0 Å². The molecule has 1 aromatic rings. The Kier molecular flexibility index (Phi) is 5.48. The minimum atomic E-state index is -3.59. The number of rotatable bonds is 5. The maximum atomic E-state index is 12.5. The first-order chi connectivity index (χ1) is 11.2. The van der Waals surface area contributed by atoms with Gasteiger partial charge in [-0.3, -0.25) is 13.9 Å². The molecule has 2 rings (SSSR count). The van der Waals surface area contributed by atoms with Gasteiger partial charge >= 0.3 is 0 Å². The highest BCUT2D eigenvalue weighted by atomic mass is 32.2. The molecule has 0 unspecified atom stereocenters. The maximum absolute atomic E-state index is 12.5. The standard InChI is InChI=1S/C16H23N3O4S/c1-12-5-3-4-6-14(12)19(24(2,22)23)11-15(20)18-9-7-13(8-10-18)16(17)21/h3-6,13H,7-11H2,1-2H3,(H2,17,21). The van der Waals surface area contributed by atoms with Crippen LogP contribution >= 0.6 is 0 Å². The number of benzene rings is 1. The van der Waals surface area contributed by atoms with Gasteiger partial charge in [-0.2, -0.15) is 0 Å². The molecule has 0 aromatic heterocycles. The minimum Gasteiger partial charge on any atom is -0.369 e. The van der Waals surface area contributed by atoms with Crippen LogP contribution in [0.4, 0.5) is 5.69 Å². The highest BCUT2D eigenvalue weighted by Crippen LogP contribution is 2.23. The van der Waals surface area contributed by atoms with Crippen LogP contribution in [0.3, 0.4) is 0 Å². The SMILES string of the molecule is Cc1ccccc1N(CC(=O)N1CCC(C(N)=O)CC1)S(C)(=O)=O. The van der Waals surface area contributed by atoms with Crippen LogP contribution in [-0.4, -0.2) is 51.0 Å². The van der Waals surface area contributed by atoms with Crippen LogP contribution in [0.25, 0.3) is 0 Å². The fourth-order valence-electron chi connectivity index (χ4n) is 2.86. The van der Waals surface area contributed by atoms with E-state index in [4.69, 9.17) is 5.73 Å². The Hall–Kier alpha value is -2.09. The normalized spacial score (nSPS) is 16.0. The zero-order chi connectivity index (χ0) is 17.9. The number of carbonyl (C=O) groups is 2. The van der Waals surface area contributed by atoms with Gasteiger partial charge in [-0.1, -0.05) is 18.2 Å². The van der Waals surface area contributed by atoms with E-state index in [-0.39, 0.29) is 24.3 Å². The van der Waals surface area contributed by atoms with Crippen molar-refractivity contribution >= 4 is 27.5 Å². The topological polar surface area (TPSA) is 101 Å². The van der Waals surface area contributed by atoms with E-state index in [2.05, 4.69) is 0 Å². The van der Waals surface area contributed by atoms with Gasteiger partial charge in [0.2, 0.25) is 21.8 Å². The average Bonchev–Trinajstić information content (AvgIpc) is 2.52. The minimum absolute atomic E-state index is 0.212. The number of piperidine rings is 1. The first-order valence-corrected chi connectivity index (χ1v) is 9.65. The number of hydrogen-bond acceptors (Lipinski definition) is 4. The fraction of sp³-hybridized carbons (Fsp3) is 0.500. The molecular formula is C16H23N3O4S. The number of aryl methyl sites for hydroxylation is 1. The molecule has 1 saturated heterocycles. The van der Waals surface area contributed by atoms with Crippen LogP contribution in [-0.2, 0) is 19.6 Å². The van der Waals surface area contributed by atoms with E-state index in [0.717, 1.165) is 16.1 Å². The zero-order valence-electron chi connectivity index (χ0n) is 13.9. The molecule has 1 aliphatic rings. The lowest BCUT2D eigenvalue weighted by Gasteiger charge is -2.32. The Balaban J connectivity index is 2.12. The van der Waals surface area contributed by atoms with Crippen molar-refractivity contribution in [2.75, 3.05) is 30.2 Å². The van der Waals surface area contributed by atoms with E-state index in [0.29, 0.717) is 31.6 Å². The first kappa shape index (κ1) is 18.3. The summed E-state index contributed by atoms with van der Waals surface area (Å²) in [5, 5.41) is 0. The Bertz CT molecular complexity index is 725. The number of amides is 2. The molecule has 7 nitrogen and oxygen atoms in total. The van der Waals surface area contributed by atoms with E-state index in [1.54, 1.807) is 30.0 Å². The molecular weight excluding hydrogens is 330 g/mol. The smallest absolute Gasteiger partial charge is 0.243 e. The fourth-order valence-corrected chi connectivity index (χ4v) is 3.77. The summed E-state index contributed by atoms with van der Waals surface area (Å²) in [5.74, 6) is -0.831. The summed E-state index contributed by atoms with van der Waals surface area (Å²) in [4.78, 5) is 25.3. The van der Waals surface area contributed by atoms with Crippen molar-refractivity contribution in [3.63, 3.8) is 0 Å². The van der Waals surface area contributed by atoms with Gasteiger partial charge in [0.15, 0.2) is 0 Å². The van der Waals surface area contributed by atoms with Gasteiger partial charge in [-0.15, -0.1) is 0 Å². The lowest BCUT2D eigenvalue weighted by molar-refractivity contribution is -0.133. The molecule has 1 aromatic carbocycles. The summed E-state index contributed by atoms with van der Waals surface area (Å²) >= 11 is 0. The Morgan fingerprint density at radius 3 is 2.33 bits per heavy atom. The third kappa shape index (κ3) is 4.25. The second-order valence-electron chi connectivity index (χ2n) is 6.11. The van der Waals surface area contributed by atoms with Crippen molar-refractivity contribution in [3.8, 4) is 0 Å². The zero-order valence-corrected chi connectivity index (χ0v) is 14.8. The molecule has 1 aliphatic heterocycles. The van der Waals surface area contributed by atoms with Crippen molar-refractivity contribution in [3.05, 3.63) is 29.8 Å². The van der Waals surface area contributed by atoms with E-state index < -0.39 is 10.0 Å². The molecule has 2 amide bonds. The first-order valence-electron chi connectivity index (χ1n) is 7.80. The second-order valence-corrected chi connectivity index (χ2v) is 8.02. The average molecular weight is 353 g/mol. The predicted molar refractivity (Wildman–Crippen MR) is 91.9 cm³/mol. The summed E-state index contributed by atoms with van der Waals surface area (Å²) in [6.07, 6.45) is 2.13. The second kappa shape index (κ2) is 7.21. The largest absolute Gasteiger partial charge is 0.369 e. The number of anilines is 1. The summed E-state index contributed by atoms with van der Waals surface area (Å²) in [6, 6.07) is 7.04. The molecule has 8 heteroatoms. The van der Waals surface area contributed by atoms with Crippen LogP contribution in [0.5, 0.6) is 0 Å². The number of carbonyl (C=O) groups excluding carboxylic acids is 2. The van der Waals surface area contributed by atoms with E-state index >= 15 is 0 Å². The third-order valence-electron chi connectivity index (χ3n) is 4.31. The lowest BCUT2D eigenvalue weighted by Crippen LogP contribution is -2.47. The van der Waals surface area contributed by atoms with E-state index in [9.17, 15) is 18.0 Å². The summed E-state index contributed by atoms with van der Waals surface area (Å²) in [7, 11) is -3.59. The number of nitrogens with two attached hydrogens (primary N) is 1. The molecule has 1 heterocycles. The highest BCUT2D eigenvalue weighted by Gasteiger charge is 2.29. The molecule has 2 N–H and O–H groups in total. The van der Waals surface area contributed by atoms with Crippen molar-refractivity contribution in [1.82, 2.24) is 4.90 Å². The van der Waals surface area contributed by atoms with Gasteiger partial charge in [0.25, 0.3) is 0 Å². The number of nitrogens with zero attached hydrogens (tertiary/aromatic N) is 2. The van der Waals surface area contributed by atoms with Gasteiger partial charge < -0.3 is 10.6 Å². The summed E-state index contributed by atoms with van der Waals surface area (Å²) in [6.45, 7) is 2.39. The maximum Gasteiger partial charge on any atom is 0.243 e. The van der Waals surface area contributed by atoms with Crippen molar-refractivity contribution in [2.45, 2.75) is 19.8 Å². The van der Waals surface area contributed by atoms with Crippen LogP contribution in [0.1, 0.15) is 18.4 Å². The molecule has 0 aliphatic carbocycles. The summed E-state index contributed by atoms with van der Waals surface area (Å²) < 4.78 is 25.4. The Morgan fingerprint density at radius 1 is 1.25 bits per heavy atom. The van der Waals surface area contributed by atoms with Gasteiger partial charge in [0.05, 0.1) is 11.9 Å². The van der Waals surface area contributed by atoms with Crippen molar-refractivity contribution in [2.24, 2.45) is 11.7 Å². The molecule has 132 valence electrons. The molecule has 0 radical (unpaired) electrons. The molecule has 24 heavy (non-hydrogen) atoms. The van der Waals surface area contributed by atoms with Gasteiger partial charge in [-0.05, 0) is 31.4 Å². The van der Waals surface area contributed by atoms with Gasteiger partial charge in [-0.25, -0.2) is 8.42 Å². The predicted octanol–water partition coefficient (Wildman–Crippen LogP) is 0.485. The summed E-state index contributed by atoms with van der Waals surface area (Å²) in [5.41, 5.74) is 6.57. The number of likely N-dealkylation sites (tertiary alicyclic amines) is 1. The molecule has 0 bridgehead atoms. The van der Waals surface area contributed by atoms with Crippen LogP contribution in [0.15, 0.2) is 24.3 Å². The molecule has 0 atom stereocenters. The third-order valence-corrected chi connectivity index (χ3v) is 5.44. The number of primary amides is 1. The van der Waals surface area contributed by atoms with E-state index in [1.807, 2.05) is 6.07 Å². The van der Waals surface area contributed by atoms with Crippen molar-refractivity contribution < 1.29 is 18.0 Å². The van der Waals surface area contributed by atoms with Crippen LogP contribution in [0, 0.1) is 12.8 Å². The highest BCUT2D eigenvalue weighted by molar-refractivity contribution is 7.92. The lowest BCUT2D eigenvalue weighted by atomic mass is 9.96. The van der Waals surface area contributed by atoms with Crippen LogP contribution < -0.4 is 10.0 Å². The number of para-hydroxylation sites is 1. The monoisotopic (exact) mass is 353 g/mol. The number of sulfonamides is 1. The number of hydrogen-bond donors (Lipinski definition) is 1. The quantitative estimate of drug-likeness (QED) is 0.832. The van der Waals surface area contributed by atoms with Gasteiger partial charge in [0, 0.05) is 19.0 Å².